The van der Waals surface area contributed by atoms with Gasteiger partial charge >= 0.3 is 0 Å². The summed E-state index contributed by atoms with van der Waals surface area (Å²) in [6.07, 6.45) is 3.17. The molecule has 17 heavy (non-hydrogen) atoms. The van der Waals surface area contributed by atoms with Crippen molar-refractivity contribution in [3.05, 3.63) is 0 Å². The summed E-state index contributed by atoms with van der Waals surface area (Å²) in [6, 6.07) is 0.366. The molecule has 0 aromatic heterocycles. The lowest BCUT2D eigenvalue weighted by Gasteiger charge is -2.27. The molecule has 1 aliphatic carbocycles. The van der Waals surface area contributed by atoms with Crippen LogP contribution in [0.2, 0.25) is 0 Å². The molecule has 1 unspecified atom stereocenters. The van der Waals surface area contributed by atoms with Gasteiger partial charge in [0.2, 0.25) is 5.91 Å². The molecule has 1 aliphatic rings. The lowest BCUT2D eigenvalue weighted by atomic mass is 9.96. The smallest absolute Gasteiger partial charge is 0.234 e. The molecule has 1 atom stereocenters. The van der Waals surface area contributed by atoms with Gasteiger partial charge in [0.15, 0.2) is 0 Å². The third-order valence-electron chi connectivity index (χ3n) is 2.90. The van der Waals surface area contributed by atoms with Gasteiger partial charge in [0.05, 0.1) is 6.04 Å². The second kappa shape index (κ2) is 5.83. The van der Waals surface area contributed by atoms with E-state index >= 15 is 0 Å². The number of hydrogen-bond acceptors (Lipinski definition) is 3. The first-order valence-electron chi connectivity index (χ1n) is 6.52. The zero-order valence-electron chi connectivity index (χ0n) is 11.6. The molecule has 100 valence electrons. The Morgan fingerprint density at radius 2 is 2.06 bits per heavy atom. The first-order chi connectivity index (χ1) is 7.78. The average Bonchev–Trinajstić information content (AvgIpc) is 2.92. The summed E-state index contributed by atoms with van der Waals surface area (Å²) in [7, 11) is 2.10. The van der Waals surface area contributed by atoms with Gasteiger partial charge in [-0.25, -0.2) is 0 Å². The Morgan fingerprint density at radius 3 is 2.47 bits per heavy atom. The summed E-state index contributed by atoms with van der Waals surface area (Å²) < 4.78 is 0. The van der Waals surface area contributed by atoms with Gasteiger partial charge in [0.25, 0.3) is 0 Å². The summed E-state index contributed by atoms with van der Waals surface area (Å²) in [5.74, 6) is -0.221. The molecule has 1 saturated carbocycles. The van der Waals surface area contributed by atoms with Crippen molar-refractivity contribution in [3.8, 4) is 0 Å². The molecule has 0 spiro atoms. The number of rotatable bonds is 7. The fourth-order valence-corrected chi connectivity index (χ4v) is 2.08. The fraction of sp³-hybridized carbons (Fsp3) is 0.923. The van der Waals surface area contributed by atoms with Crippen LogP contribution in [0, 0.1) is 5.41 Å². The van der Waals surface area contributed by atoms with Crippen molar-refractivity contribution in [1.29, 1.82) is 0 Å². The lowest BCUT2D eigenvalue weighted by molar-refractivity contribution is -0.120. The van der Waals surface area contributed by atoms with Gasteiger partial charge in [-0.2, -0.15) is 0 Å². The minimum absolute atomic E-state index is 0.162. The van der Waals surface area contributed by atoms with E-state index in [1.165, 1.54) is 12.8 Å². The van der Waals surface area contributed by atoms with E-state index < -0.39 is 0 Å². The zero-order chi connectivity index (χ0) is 13.1. The number of nitrogens with zero attached hydrogens (tertiary/aromatic N) is 1. The van der Waals surface area contributed by atoms with Crippen LogP contribution in [0.1, 0.15) is 40.0 Å². The number of carbonyl (C=O) groups excluding carboxylic acids is 1. The second-order valence-corrected chi connectivity index (χ2v) is 6.48. The van der Waals surface area contributed by atoms with E-state index in [2.05, 4.69) is 38.0 Å². The SMILES string of the molecule is CN(CCC(NC1CC1)C(N)=O)CC(C)(C)C. The third kappa shape index (κ3) is 6.64. The molecule has 0 heterocycles. The van der Waals surface area contributed by atoms with Crippen molar-refractivity contribution < 1.29 is 4.79 Å². The van der Waals surface area contributed by atoms with E-state index in [0.29, 0.717) is 11.5 Å². The Morgan fingerprint density at radius 1 is 1.47 bits per heavy atom. The minimum atomic E-state index is -0.221. The maximum atomic E-state index is 11.3. The van der Waals surface area contributed by atoms with Crippen molar-refractivity contribution in [2.24, 2.45) is 11.1 Å². The maximum Gasteiger partial charge on any atom is 0.234 e. The monoisotopic (exact) mass is 241 g/mol. The molecule has 1 fully saturated rings. The third-order valence-corrected chi connectivity index (χ3v) is 2.90. The predicted octanol–water partition coefficient (Wildman–Crippen LogP) is 0.960. The molecule has 0 radical (unpaired) electrons. The summed E-state index contributed by atoms with van der Waals surface area (Å²) in [4.78, 5) is 13.6. The lowest BCUT2D eigenvalue weighted by Crippen LogP contribution is -2.44. The standard InChI is InChI=1S/C13H27N3O/c1-13(2,3)9-16(4)8-7-11(12(14)17)15-10-5-6-10/h10-11,15H,5-9H2,1-4H3,(H2,14,17). The number of carbonyl (C=O) groups is 1. The van der Waals surface area contributed by atoms with Crippen LogP contribution < -0.4 is 11.1 Å². The molecule has 0 saturated heterocycles. The van der Waals surface area contributed by atoms with Crippen molar-refractivity contribution >= 4 is 5.91 Å². The molecule has 0 aliphatic heterocycles. The highest BCUT2D eigenvalue weighted by Gasteiger charge is 2.27. The Balaban J connectivity index is 2.27. The Bertz CT molecular complexity index is 256. The molecule has 4 heteroatoms. The molecule has 1 rings (SSSR count). The van der Waals surface area contributed by atoms with Crippen LogP contribution in [0.3, 0.4) is 0 Å². The van der Waals surface area contributed by atoms with Crippen molar-refractivity contribution in [2.75, 3.05) is 20.1 Å². The van der Waals surface area contributed by atoms with Gasteiger partial charge in [-0.1, -0.05) is 20.8 Å². The number of nitrogens with one attached hydrogen (secondary N) is 1. The van der Waals surface area contributed by atoms with E-state index in [9.17, 15) is 4.79 Å². The van der Waals surface area contributed by atoms with Crippen LogP contribution in [0.5, 0.6) is 0 Å². The van der Waals surface area contributed by atoms with Gasteiger partial charge in [0.1, 0.15) is 0 Å². The summed E-state index contributed by atoms with van der Waals surface area (Å²) in [6.45, 7) is 8.60. The molecular weight excluding hydrogens is 214 g/mol. The Hall–Kier alpha value is -0.610. The largest absolute Gasteiger partial charge is 0.368 e. The molecule has 0 bridgehead atoms. The first kappa shape index (κ1) is 14.5. The molecule has 0 aromatic rings. The summed E-state index contributed by atoms with van der Waals surface area (Å²) >= 11 is 0. The van der Waals surface area contributed by atoms with E-state index in [4.69, 9.17) is 5.73 Å². The number of amides is 1. The first-order valence-corrected chi connectivity index (χ1v) is 6.52. The number of nitrogens with two attached hydrogens (primary N) is 1. The number of primary amides is 1. The van der Waals surface area contributed by atoms with Gasteiger partial charge < -0.3 is 16.0 Å². The summed E-state index contributed by atoms with van der Waals surface area (Å²) in [5.41, 5.74) is 5.70. The van der Waals surface area contributed by atoms with Crippen LogP contribution >= 0.6 is 0 Å². The van der Waals surface area contributed by atoms with Gasteiger partial charge in [-0.3, -0.25) is 4.79 Å². The van der Waals surface area contributed by atoms with Crippen molar-refractivity contribution in [2.45, 2.75) is 52.1 Å². The Kier molecular flexibility index (Phi) is 4.95. The molecule has 0 aromatic carbocycles. The highest BCUT2D eigenvalue weighted by atomic mass is 16.1. The van der Waals surface area contributed by atoms with Gasteiger partial charge in [-0.15, -0.1) is 0 Å². The maximum absolute atomic E-state index is 11.3. The van der Waals surface area contributed by atoms with Crippen LogP contribution in [0.25, 0.3) is 0 Å². The van der Waals surface area contributed by atoms with E-state index in [1.54, 1.807) is 0 Å². The molecule has 1 amide bonds. The number of hydrogen-bond donors (Lipinski definition) is 2. The average molecular weight is 241 g/mol. The van der Waals surface area contributed by atoms with Crippen molar-refractivity contribution in [1.82, 2.24) is 10.2 Å². The quantitative estimate of drug-likeness (QED) is 0.698. The molecule has 4 nitrogen and oxygen atoms in total. The zero-order valence-corrected chi connectivity index (χ0v) is 11.6. The Labute approximate surface area is 105 Å². The van der Waals surface area contributed by atoms with Crippen LogP contribution in [0.4, 0.5) is 0 Å². The fourth-order valence-electron chi connectivity index (χ4n) is 2.08. The van der Waals surface area contributed by atoms with E-state index in [-0.39, 0.29) is 11.9 Å². The van der Waals surface area contributed by atoms with Crippen LogP contribution in [-0.4, -0.2) is 43.0 Å². The van der Waals surface area contributed by atoms with E-state index in [0.717, 1.165) is 19.5 Å². The summed E-state index contributed by atoms with van der Waals surface area (Å²) in [5, 5.41) is 3.31. The minimum Gasteiger partial charge on any atom is -0.368 e. The second-order valence-electron chi connectivity index (χ2n) is 6.48. The highest BCUT2D eigenvalue weighted by Crippen LogP contribution is 2.20. The molecule has 3 N–H and O–H groups in total. The highest BCUT2D eigenvalue weighted by molar-refractivity contribution is 5.79. The van der Waals surface area contributed by atoms with Gasteiger partial charge in [-0.05, 0) is 38.3 Å². The molecular formula is C13H27N3O. The normalized spacial score (nSPS) is 18.4. The van der Waals surface area contributed by atoms with Crippen LogP contribution in [0.15, 0.2) is 0 Å². The van der Waals surface area contributed by atoms with Crippen molar-refractivity contribution in [3.63, 3.8) is 0 Å². The van der Waals surface area contributed by atoms with E-state index in [1.807, 2.05) is 0 Å². The predicted molar refractivity (Wildman–Crippen MR) is 70.7 cm³/mol. The van der Waals surface area contributed by atoms with Crippen LogP contribution in [-0.2, 0) is 4.79 Å². The topological polar surface area (TPSA) is 58.4 Å². The van der Waals surface area contributed by atoms with Gasteiger partial charge in [0, 0.05) is 12.6 Å².